The van der Waals surface area contributed by atoms with Crippen LogP contribution in [0, 0.1) is 12.7 Å². The minimum absolute atomic E-state index is 0.0830. The molecule has 2 aliphatic rings. The molecule has 0 bridgehead atoms. The van der Waals surface area contributed by atoms with Gasteiger partial charge in [-0.15, -0.1) is 0 Å². The Morgan fingerprint density at radius 1 is 1.07 bits per heavy atom. The van der Waals surface area contributed by atoms with Crippen molar-refractivity contribution in [2.75, 3.05) is 7.11 Å². The topological polar surface area (TPSA) is 88.9 Å². The third-order valence-electron chi connectivity index (χ3n) is 8.26. The van der Waals surface area contributed by atoms with Gasteiger partial charge in [0.2, 0.25) is 5.60 Å². The van der Waals surface area contributed by atoms with Gasteiger partial charge in [-0.05, 0) is 104 Å². The number of ether oxygens (including phenoxy) is 2. The number of aliphatic hydroxyl groups is 2. The number of hydrogen-bond donors (Lipinski definition) is 2. The molecule has 10 heteroatoms. The number of pyridine rings is 1. The lowest BCUT2D eigenvalue weighted by atomic mass is 9.64. The fraction of sp³-hybridized carbons (Fsp3) is 0.438. The number of aryl methyl sites for hydroxylation is 1. The molecule has 0 saturated heterocycles. The minimum atomic E-state index is -5.17. The fourth-order valence-corrected chi connectivity index (χ4v) is 5.42. The lowest BCUT2D eigenvalue weighted by Crippen LogP contribution is -2.45. The van der Waals surface area contributed by atoms with Gasteiger partial charge in [-0.3, -0.25) is 4.79 Å². The quantitative estimate of drug-likeness (QED) is 0.206. The first kappa shape index (κ1) is 30.0. The highest BCUT2D eigenvalue weighted by Crippen LogP contribution is 2.48. The maximum Gasteiger partial charge on any atom is 0.422 e. The van der Waals surface area contributed by atoms with Gasteiger partial charge in [0, 0.05) is 17.5 Å². The molecule has 2 aromatic carbocycles. The Balaban J connectivity index is 1.49. The Kier molecular flexibility index (Phi) is 7.83. The number of aromatic nitrogens is 1. The lowest BCUT2D eigenvalue weighted by molar-refractivity contribution is -0.270. The predicted molar refractivity (Wildman–Crippen MR) is 147 cm³/mol. The predicted octanol–water partition coefficient (Wildman–Crippen LogP) is 6.57. The van der Waals surface area contributed by atoms with E-state index in [-0.39, 0.29) is 22.9 Å². The molecule has 2 aliphatic carbocycles. The summed E-state index contributed by atoms with van der Waals surface area (Å²) in [6.45, 7) is 3.35. The molecule has 0 radical (unpaired) electrons. The molecule has 2 N–H and O–H groups in total. The lowest BCUT2D eigenvalue weighted by Gasteiger charge is -2.43. The highest BCUT2D eigenvalue weighted by Gasteiger charge is 2.56. The van der Waals surface area contributed by atoms with Crippen LogP contribution in [0.1, 0.15) is 72.6 Å². The van der Waals surface area contributed by atoms with Gasteiger partial charge in [0.1, 0.15) is 5.82 Å². The van der Waals surface area contributed by atoms with E-state index in [9.17, 15) is 32.6 Å². The van der Waals surface area contributed by atoms with Gasteiger partial charge in [-0.25, -0.2) is 9.37 Å². The van der Waals surface area contributed by atoms with Gasteiger partial charge in [-0.2, -0.15) is 13.2 Å². The van der Waals surface area contributed by atoms with Crippen molar-refractivity contribution in [3.8, 4) is 22.8 Å². The van der Waals surface area contributed by atoms with Crippen LogP contribution >= 0.6 is 0 Å². The van der Waals surface area contributed by atoms with E-state index in [0.717, 1.165) is 12.8 Å². The fourth-order valence-electron chi connectivity index (χ4n) is 5.42. The largest absolute Gasteiger partial charge is 0.493 e. The van der Waals surface area contributed by atoms with Gasteiger partial charge in [-0.1, -0.05) is 6.92 Å². The summed E-state index contributed by atoms with van der Waals surface area (Å²) >= 11 is 0. The zero-order valence-electron chi connectivity index (χ0n) is 23.6. The van der Waals surface area contributed by atoms with Crippen LogP contribution in [0.4, 0.5) is 17.6 Å². The standard InChI is InChI=1S/C32H33F4NO5/c1-18-12-19(4-8-24(18)33)25-14-21(30(2)16-22(38)17-30)15-29(37-25)31(40,32(34,35)36)11-10-26(39)20-5-9-27(28(13-20)41-3)42-23-6-7-23/h4-5,8-9,12-15,22-23,38,40H,6-7,10-11,16-17H2,1-3H3. The number of nitrogens with zero attached hydrogens (tertiary/aromatic N) is 1. The maximum atomic E-state index is 14.7. The number of alkyl halides is 3. The zero-order valence-corrected chi connectivity index (χ0v) is 23.6. The van der Waals surface area contributed by atoms with Gasteiger partial charge < -0.3 is 19.7 Å². The van der Waals surface area contributed by atoms with Crippen LogP contribution in [-0.2, 0) is 11.0 Å². The Bertz CT molecular complexity index is 1500. The molecule has 0 amide bonds. The molecule has 3 aromatic rings. The number of ketones is 1. The summed E-state index contributed by atoms with van der Waals surface area (Å²) < 4.78 is 69.0. The van der Waals surface area contributed by atoms with E-state index in [1.54, 1.807) is 12.1 Å². The van der Waals surface area contributed by atoms with Crippen LogP contribution in [0.2, 0.25) is 0 Å². The number of halogens is 4. The molecule has 0 aliphatic heterocycles. The van der Waals surface area contributed by atoms with E-state index in [1.165, 1.54) is 50.4 Å². The van der Waals surface area contributed by atoms with E-state index in [4.69, 9.17) is 9.47 Å². The second-order valence-electron chi connectivity index (χ2n) is 11.7. The van der Waals surface area contributed by atoms with Gasteiger partial charge in [0.15, 0.2) is 17.3 Å². The maximum absolute atomic E-state index is 14.7. The van der Waals surface area contributed by atoms with E-state index < -0.39 is 53.4 Å². The third-order valence-corrected chi connectivity index (χ3v) is 8.26. The van der Waals surface area contributed by atoms with Crippen LogP contribution in [-0.4, -0.2) is 46.5 Å². The number of benzene rings is 2. The second-order valence-corrected chi connectivity index (χ2v) is 11.7. The summed E-state index contributed by atoms with van der Waals surface area (Å²) in [7, 11) is 1.41. The normalized spacial score (nSPS) is 21.8. The average Bonchev–Trinajstić information content (AvgIpc) is 3.75. The van der Waals surface area contributed by atoms with Crippen LogP contribution in [0.5, 0.6) is 11.5 Å². The zero-order chi connectivity index (χ0) is 30.4. The smallest absolute Gasteiger partial charge is 0.422 e. The summed E-state index contributed by atoms with van der Waals surface area (Å²) in [6, 6.07) is 11.3. The summed E-state index contributed by atoms with van der Waals surface area (Å²) in [5.74, 6) is -0.349. The molecule has 1 atom stereocenters. The molecule has 6 nitrogen and oxygen atoms in total. The van der Waals surface area contributed by atoms with Gasteiger partial charge in [0.05, 0.1) is 30.7 Å². The van der Waals surface area contributed by atoms with Crippen LogP contribution in [0.15, 0.2) is 48.5 Å². The first-order chi connectivity index (χ1) is 19.7. The van der Waals surface area contributed by atoms with Crippen molar-refractivity contribution >= 4 is 5.78 Å². The Morgan fingerprint density at radius 3 is 2.38 bits per heavy atom. The third kappa shape index (κ3) is 5.87. The second kappa shape index (κ2) is 11.0. The molecule has 1 aromatic heterocycles. The average molecular weight is 588 g/mol. The number of hydrogen-bond acceptors (Lipinski definition) is 6. The number of rotatable bonds is 10. The highest BCUT2D eigenvalue weighted by atomic mass is 19.4. The molecule has 2 fully saturated rings. The number of carbonyl (C=O) groups excluding carboxylic acids is 1. The molecule has 1 unspecified atom stereocenters. The number of methoxy groups -OCH3 is 1. The monoisotopic (exact) mass is 587 g/mol. The van der Waals surface area contributed by atoms with E-state index in [0.29, 0.717) is 35.5 Å². The summed E-state index contributed by atoms with van der Waals surface area (Å²) in [5, 5.41) is 21.2. The van der Waals surface area contributed by atoms with Crippen LogP contribution < -0.4 is 9.47 Å². The van der Waals surface area contributed by atoms with Gasteiger partial charge in [0.25, 0.3) is 0 Å². The summed E-state index contributed by atoms with van der Waals surface area (Å²) in [6.07, 6.45) is -4.82. The number of Topliss-reactive ketones (excluding diaryl/α,β-unsaturated/α-hetero) is 1. The first-order valence-corrected chi connectivity index (χ1v) is 13.9. The number of aliphatic hydroxyl groups excluding tert-OH is 1. The molecule has 0 spiro atoms. The summed E-state index contributed by atoms with van der Waals surface area (Å²) in [5.41, 5.74) is -3.40. The molecule has 1 heterocycles. The highest BCUT2D eigenvalue weighted by molar-refractivity contribution is 5.96. The summed E-state index contributed by atoms with van der Waals surface area (Å²) in [4.78, 5) is 17.3. The van der Waals surface area contributed by atoms with Crippen LogP contribution in [0.25, 0.3) is 11.3 Å². The molecule has 5 rings (SSSR count). The van der Waals surface area contributed by atoms with Gasteiger partial charge >= 0.3 is 6.18 Å². The number of carbonyl (C=O) groups is 1. The van der Waals surface area contributed by atoms with E-state index in [2.05, 4.69) is 4.98 Å². The van der Waals surface area contributed by atoms with Crippen LogP contribution in [0.3, 0.4) is 0 Å². The van der Waals surface area contributed by atoms with Crippen molar-refractivity contribution in [1.82, 2.24) is 4.98 Å². The van der Waals surface area contributed by atoms with E-state index in [1.807, 2.05) is 6.92 Å². The SMILES string of the molecule is COc1cc(C(=O)CCC(O)(c2cc(C3(C)CC(O)C3)cc(-c3ccc(F)c(C)c3)n2)C(F)(F)F)ccc1OC1CC1. The Hall–Kier alpha value is -3.50. The van der Waals surface area contributed by atoms with Crippen molar-refractivity contribution in [3.63, 3.8) is 0 Å². The molecular formula is C32H33F4NO5. The Morgan fingerprint density at radius 2 is 1.79 bits per heavy atom. The van der Waals surface area contributed by atoms with Crippen molar-refractivity contribution in [3.05, 3.63) is 76.7 Å². The minimum Gasteiger partial charge on any atom is -0.493 e. The molecule has 2 saturated carbocycles. The van der Waals surface area contributed by atoms with Crippen molar-refractivity contribution in [2.24, 2.45) is 0 Å². The molecule has 42 heavy (non-hydrogen) atoms. The Labute approximate surface area is 241 Å². The molecule has 224 valence electrons. The van der Waals surface area contributed by atoms with Crippen molar-refractivity contribution in [2.45, 2.75) is 81.8 Å². The van der Waals surface area contributed by atoms with E-state index >= 15 is 0 Å². The van der Waals surface area contributed by atoms with Crippen molar-refractivity contribution < 1.29 is 42.0 Å². The molecular weight excluding hydrogens is 554 g/mol. The first-order valence-electron chi connectivity index (χ1n) is 13.9. The van der Waals surface area contributed by atoms with Crippen molar-refractivity contribution in [1.29, 1.82) is 0 Å².